The van der Waals surface area contributed by atoms with Gasteiger partial charge >= 0.3 is 0 Å². The SMILES string of the molecule is O=CCC(Cc1ccc(Cl)cc1)c1ccccc1. The molecule has 0 fully saturated rings. The van der Waals surface area contributed by atoms with Crippen LogP contribution in [-0.2, 0) is 11.2 Å². The molecule has 0 aliphatic carbocycles. The molecule has 0 saturated heterocycles. The van der Waals surface area contributed by atoms with E-state index in [1.807, 2.05) is 42.5 Å². The minimum atomic E-state index is 0.241. The predicted octanol–water partition coefficient (Wildman–Crippen LogP) is 4.26. The van der Waals surface area contributed by atoms with Gasteiger partial charge in [0.15, 0.2) is 0 Å². The molecule has 18 heavy (non-hydrogen) atoms. The zero-order valence-electron chi connectivity index (χ0n) is 10.1. The van der Waals surface area contributed by atoms with E-state index < -0.39 is 0 Å². The lowest BCUT2D eigenvalue weighted by Gasteiger charge is -2.14. The summed E-state index contributed by atoms with van der Waals surface area (Å²) in [6, 6.07) is 18.0. The molecule has 0 radical (unpaired) electrons. The Hall–Kier alpha value is -1.60. The third kappa shape index (κ3) is 3.44. The highest BCUT2D eigenvalue weighted by atomic mass is 35.5. The van der Waals surface area contributed by atoms with E-state index in [0.29, 0.717) is 6.42 Å². The van der Waals surface area contributed by atoms with Gasteiger partial charge in [0.2, 0.25) is 0 Å². The molecule has 2 aromatic rings. The van der Waals surface area contributed by atoms with Crippen LogP contribution in [0, 0.1) is 0 Å². The normalized spacial score (nSPS) is 12.1. The van der Waals surface area contributed by atoms with Crippen molar-refractivity contribution < 1.29 is 4.79 Å². The predicted molar refractivity (Wildman–Crippen MR) is 75.0 cm³/mol. The molecule has 0 amide bonds. The smallest absolute Gasteiger partial charge is 0.120 e. The molecule has 0 aromatic heterocycles. The molecule has 1 unspecified atom stereocenters. The van der Waals surface area contributed by atoms with Crippen molar-refractivity contribution in [2.75, 3.05) is 0 Å². The maximum absolute atomic E-state index is 10.8. The summed E-state index contributed by atoms with van der Waals surface area (Å²) < 4.78 is 0. The van der Waals surface area contributed by atoms with Crippen LogP contribution < -0.4 is 0 Å². The van der Waals surface area contributed by atoms with Crippen molar-refractivity contribution in [1.29, 1.82) is 0 Å². The summed E-state index contributed by atoms with van der Waals surface area (Å²) in [5.74, 6) is 0.241. The number of aldehydes is 1. The Bertz CT molecular complexity index is 490. The van der Waals surface area contributed by atoms with Gasteiger partial charge in [-0.2, -0.15) is 0 Å². The monoisotopic (exact) mass is 258 g/mol. The van der Waals surface area contributed by atoms with Crippen molar-refractivity contribution in [3.05, 3.63) is 70.7 Å². The summed E-state index contributed by atoms with van der Waals surface area (Å²) in [5, 5.41) is 0.741. The van der Waals surface area contributed by atoms with Gasteiger partial charge in [-0.15, -0.1) is 0 Å². The van der Waals surface area contributed by atoms with Crippen molar-refractivity contribution in [2.24, 2.45) is 0 Å². The number of hydrogen-bond acceptors (Lipinski definition) is 1. The van der Waals surface area contributed by atoms with Crippen molar-refractivity contribution in [3.63, 3.8) is 0 Å². The molecule has 2 rings (SSSR count). The number of halogens is 1. The van der Waals surface area contributed by atoms with Crippen LogP contribution in [0.1, 0.15) is 23.5 Å². The molecule has 2 heteroatoms. The first-order chi connectivity index (χ1) is 8.79. The Labute approximate surface area is 112 Å². The molecule has 1 nitrogen and oxygen atoms in total. The summed E-state index contributed by atoms with van der Waals surface area (Å²) in [5.41, 5.74) is 2.41. The van der Waals surface area contributed by atoms with E-state index in [0.717, 1.165) is 17.7 Å². The summed E-state index contributed by atoms with van der Waals surface area (Å²) in [6.45, 7) is 0. The third-order valence-corrected chi connectivity index (χ3v) is 3.30. The topological polar surface area (TPSA) is 17.1 Å². The second-order valence-corrected chi connectivity index (χ2v) is 4.78. The van der Waals surface area contributed by atoms with E-state index in [9.17, 15) is 4.79 Å². The van der Waals surface area contributed by atoms with Crippen molar-refractivity contribution >= 4 is 17.9 Å². The first kappa shape index (κ1) is 12.8. The molecule has 0 aliphatic heterocycles. The quantitative estimate of drug-likeness (QED) is 0.733. The molecular weight excluding hydrogens is 244 g/mol. The van der Waals surface area contributed by atoms with Gasteiger partial charge in [-0.05, 0) is 35.6 Å². The lowest BCUT2D eigenvalue weighted by atomic mass is 9.90. The second-order valence-electron chi connectivity index (χ2n) is 4.34. The van der Waals surface area contributed by atoms with Gasteiger partial charge in [0.05, 0.1) is 0 Å². The molecule has 92 valence electrons. The second kappa shape index (κ2) is 6.36. The zero-order valence-corrected chi connectivity index (χ0v) is 10.8. The zero-order chi connectivity index (χ0) is 12.8. The van der Waals surface area contributed by atoms with Crippen LogP contribution in [0.5, 0.6) is 0 Å². The largest absolute Gasteiger partial charge is 0.303 e. The molecule has 2 aromatic carbocycles. The highest BCUT2D eigenvalue weighted by molar-refractivity contribution is 6.30. The number of carbonyl (C=O) groups excluding carboxylic acids is 1. The molecule has 0 saturated carbocycles. The summed E-state index contributed by atoms with van der Waals surface area (Å²) in [4.78, 5) is 10.8. The summed E-state index contributed by atoms with van der Waals surface area (Å²) in [6.07, 6.45) is 2.40. The van der Waals surface area contributed by atoms with Crippen molar-refractivity contribution in [2.45, 2.75) is 18.8 Å². The van der Waals surface area contributed by atoms with Gasteiger partial charge in [0.25, 0.3) is 0 Å². The molecule has 0 spiro atoms. The maximum Gasteiger partial charge on any atom is 0.120 e. The van der Waals surface area contributed by atoms with Crippen LogP contribution in [0.25, 0.3) is 0 Å². The van der Waals surface area contributed by atoms with E-state index in [4.69, 9.17) is 11.6 Å². The van der Waals surface area contributed by atoms with E-state index in [2.05, 4.69) is 12.1 Å². The number of benzene rings is 2. The standard InChI is InChI=1S/C16H15ClO/c17-16-8-6-13(7-9-16)12-15(10-11-18)14-4-2-1-3-5-14/h1-9,11,15H,10,12H2. The van der Waals surface area contributed by atoms with E-state index in [1.165, 1.54) is 11.1 Å². The van der Waals surface area contributed by atoms with Gasteiger partial charge in [0, 0.05) is 11.4 Å². The molecule has 0 bridgehead atoms. The summed E-state index contributed by atoms with van der Waals surface area (Å²) >= 11 is 5.87. The van der Waals surface area contributed by atoms with Gasteiger partial charge in [-0.3, -0.25) is 0 Å². The number of carbonyl (C=O) groups is 1. The molecule has 0 aliphatic rings. The average molecular weight is 259 g/mol. The lowest BCUT2D eigenvalue weighted by Crippen LogP contribution is -2.03. The highest BCUT2D eigenvalue weighted by Crippen LogP contribution is 2.24. The van der Waals surface area contributed by atoms with E-state index in [-0.39, 0.29) is 5.92 Å². The van der Waals surface area contributed by atoms with Crippen LogP contribution in [-0.4, -0.2) is 6.29 Å². The molecule has 0 heterocycles. The average Bonchev–Trinajstić information content (AvgIpc) is 2.42. The van der Waals surface area contributed by atoms with Crippen molar-refractivity contribution in [3.8, 4) is 0 Å². The van der Waals surface area contributed by atoms with Crippen LogP contribution in [0.3, 0.4) is 0 Å². The minimum absolute atomic E-state index is 0.241. The fourth-order valence-corrected chi connectivity index (χ4v) is 2.21. The first-order valence-corrected chi connectivity index (χ1v) is 6.40. The van der Waals surface area contributed by atoms with E-state index in [1.54, 1.807) is 0 Å². The Morgan fingerprint density at radius 2 is 1.67 bits per heavy atom. The van der Waals surface area contributed by atoms with Gasteiger partial charge in [-0.25, -0.2) is 0 Å². The van der Waals surface area contributed by atoms with Crippen LogP contribution in [0.15, 0.2) is 54.6 Å². The van der Waals surface area contributed by atoms with Gasteiger partial charge < -0.3 is 4.79 Å². The highest BCUT2D eigenvalue weighted by Gasteiger charge is 2.11. The Morgan fingerprint density at radius 3 is 2.28 bits per heavy atom. The number of hydrogen-bond donors (Lipinski definition) is 0. The molecule has 1 atom stereocenters. The van der Waals surface area contributed by atoms with Crippen molar-refractivity contribution in [1.82, 2.24) is 0 Å². The van der Waals surface area contributed by atoms with E-state index >= 15 is 0 Å². The number of rotatable bonds is 5. The Morgan fingerprint density at radius 1 is 1.00 bits per heavy atom. The van der Waals surface area contributed by atoms with Crippen LogP contribution >= 0.6 is 11.6 Å². The third-order valence-electron chi connectivity index (χ3n) is 3.05. The van der Waals surface area contributed by atoms with Gasteiger partial charge in [-0.1, -0.05) is 54.1 Å². The van der Waals surface area contributed by atoms with Gasteiger partial charge in [0.1, 0.15) is 6.29 Å². The lowest BCUT2D eigenvalue weighted by molar-refractivity contribution is -0.108. The fraction of sp³-hybridized carbons (Fsp3) is 0.188. The minimum Gasteiger partial charge on any atom is -0.303 e. The molecular formula is C16H15ClO. The first-order valence-electron chi connectivity index (χ1n) is 6.02. The Balaban J connectivity index is 2.16. The van der Waals surface area contributed by atoms with Crippen LogP contribution in [0.4, 0.5) is 0 Å². The maximum atomic E-state index is 10.8. The van der Waals surface area contributed by atoms with Crippen LogP contribution in [0.2, 0.25) is 5.02 Å². The molecule has 0 N–H and O–H groups in total. The summed E-state index contributed by atoms with van der Waals surface area (Å²) in [7, 11) is 0. The fourth-order valence-electron chi connectivity index (χ4n) is 2.08. The Kier molecular flexibility index (Phi) is 4.54.